The molecule has 29 heavy (non-hydrogen) atoms. The average molecular weight is 432 g/mol. The van der Waals surface area contributed by atoms with Crippen LogP contribution in [0.15, 0.2) is 30.3 Å². The van der Waals surface area contributed by atoms with Gasteiger partial charge in [0.05, 0.1) is 4.88 Å². The van der Waals surface area contributed by atoms with Gasteiger partial charge in [-0.1, -0.05) is 11.6 Å². The van der Waals surface area contributed by atoms with Crippen LogP contribution < -0.4 is 4.90 Å². The van der Waals surface area contributed by atoms with Crippen molar-refractivity contribution in [3.8, 4) is 0 Å². The molecule has 0 bridgehead atoms. The van der Waals surface area contributed by atoms with E-state index in [4.69, 9.17) is 11.6 Å². The molecule has 1 aromatic carbocycles. The summed E-state index contributed by atoms with van der Waals surface area (Å²) in [5, 5.41) is 0.739. The lowest BCUT2D eigenvalue weighted by Gasteiger charge is -2.38. The maximum atomic E-state index is 13.1. The molecule has 1 aromatic heterocycles. The number of fused-ring (bicyclic) bond motifs is 1. The molecule has 1 atom stereocenters. The highest BCUT2D eigenvalue weighted by Crippen LogP contribution is 2.34. The second-order valence-electron chi connectivity index (χ2n) is 7.99. The number of amides is 2. The zero-order chi connectivity index (χ0) is 20.5. The Kier molecular flexibility index (Phi) is 5.83. The van der Waals surface area contributed by atoms with E-state index in [-0.39, 0.29) is 17.7 Å². The third kappa shape index (κ3) is 4.28. The Morgan fingerprint density at radius 1 is 1.10 bits per heavy atom. The average Bonchev–Trinajstić information content (AvgIpc) is 3.16. The maximum absolute atomic E-state index is 13.1. The molecule has 1 aliphatic carbocycles. The molecule has 1 saturated heterocycles. The van der Waals surface area contributed by atoms with Crippen LogP contribution in [0.4, 0.5) is 5.69 Å². The van der Waals surface area contributed by atoms with Crippen LogP contribution in [0.5, 0.6) is 0 Å². The summed E-state index contributed by atoms with van der Waals surface area (Å²) >= 11 is 7.57. The smallest absolute Gasteiger partial charge is 0.263 e. The molecule has 1 fully saturated rings. The second kappa shape index (κ2) is 8.36. The molecule has 2 aromatic rings. The minimum Gasteiger partial charge on any atom is -0.368 e. The van der Waals surface area contributed by atoms with Crippen molar-refractivity contribution < 1.29 is 9.59 Å². The lowest BCUT2D eigenvalue weighted by Crippen LogP contribution is -2.51. The molecule has 7 heteroatoms. The first-order chi connectivity index (χ1) is 13.9. The van der Waals surface area contributed by atoms with Gasteiger partial charge in [-0.2, -0.15) is 0 Å². The van der Waals surface area contributed by atoms with Crippen molar-refractivity contribution >= 4 is 40.4 Å². The van der Waals surface area contributed by atoms with Crippen molar-refractivity contribution in [2.75, 3.05) is 45.2 Å². The minimum absolute atomic E-state index is 0.0292. The second-order valence-corrected chi connectivity index (χ2v) is 9.56. The number of rotatable bonds is 3. The van der Waals surface area contributed by atoms with E-state index >= 15 is 0 Å². The minimum atomic E-state index is 0.0292. The Balaban J connectivity index is 1.36. The molecule has 5 nitrogen and oxygen atoms in total. The van der Waals surface area contributed by atoms with E-state index in [0.29, 0.717) is 0 Å². The molecule has 0 unspecified atom stereocenters. The van der Waals surface area contributed by atoms with Crippen LogP contribution in [-0.4, -0.2) is 61.9 Å². The summed E-state index contributed by atoms with van der Waals surface area (Å²) in [7, 11) is 3.55. The molecule has 154 valence electrons. The van der Waals surface area contributed by atoms with E-state index in [1.807, 2.05) is 35.2 Å². The molecule has 0 saturated carbocycles. The monoisotopic (exact) mass is 431 g/mol. The molecule has 0 N–H and O–H groups in total. The summed E-state index contributed by atoms with van der Waals surface area (Å²) in [6, 6.07) is 9.88. The Bertz CT molecular complexity index is 901. The quantitative estimate of drug-likeness (QED) is 0.746. The molecule has 0 radical (unpaired) electrons. The molecule has 0 spiro atoms. The summed E-state index contributed by atoms with van der Waals surface area (Å²) in [5.41, 5.74) is 2.34. The highest BCUT2D eigenvalue weighted by molar-refractivity contribution is 7.14. The van der Waals surface area contributed by atoms with Crippen LogP contribution in [0.3, 0.4) is 0 Å². The summed E-state index contributed by atoms with van der Waals surface area (Å²) < 4.78 is 0. The normalized spacial score (nSPS) is 19.1. The lowest BCUT2D eigenvalue weighted by atomic mass is 9.87. The molecular weight excluding hydrogens is 406 g/mol. The van der Waals surface area contributed by atoms with Gasteiger partial charge in [0.2, 0.25) is 5.91 Å². The molecule has 1 aliphatic heterocycles. The third-order valence-electron chi connectivity index (χ3n) is 5.83. The Labute approximate surface area is 180 Å². The van der Waals surface area contributed by atoms with Crippen molar-refractivity contribution in [2.45, 2.75) is 19.3 Å². The van der Waals surface area contributed by atoms with Crippen molar-refractivity contribution in [1.29, 1.82) is 0 Å². The predicted molar refractivity (Wildman–Crippen MR) is 118 cm³/mol. The third-order valence-corrected chi connectivity index (χ3v) is 7.31. The summed E-state index contributed by atoms with van der Waals surface area (Å²) in [4.78, 5) is 33.3. The Morgan fingerprint density at radius 3 is 2.45 bits per heavy atom. The van der Waals surface area contributed by atoms with Gasteiger partial charge in [-0.05, 0) is 55.2 Å². The lowest BCUT2D eigenvalue weighted by molar-refractivity contribution is -0.136. The van der Waals surface area contributed by atoms with E-state index < -0.39 is 0 Å². The number of benzene rings is 1. The molecule has 2 aliphatic rings. The van der Waals surface area contributed by atoms with E-state index in [9.17, 15) is 9.59 Å². The van der Waals surface area contributed by atoms with Gasteiger partial charge in [0.25, 0.3) is 5.91 Å². The summed E-state index contributed by atoms with van der Waals surface area (Å²) in [6.45, 7) is 3.17. The predicted octanol–water partition coefficient (Wildman–Crippen LogP) is 3.56. The molecular formula is C22H26ClN3O2S. The number of hydrogen-bond donors (Lipinski definition) is 0. The number of nitrogens with zero attached hydrogens (tertiary/aromatic N) is 3. The first-order valence-electron chi connectivity index (χ1n) is 10.0. The number of carbonyl (C=O) groups is 2. The van der Waals surface area contributed by atoms with Crippen molar-refractivity contribution in [3.63, 3.8) is 0 Å². The van der Waals surface area contributed by atoms with Crippen LogP contribution in [0.1, 0.15) is 26.5 Å². The zero-order valence-corrected chi connectivity index (χ0v) is 18.4. The van der Waals surface area contributed by atoms with Gasteiger partial charge in [0.15, 0.2) is 0 Å². The number of hydrogen-bond acceptors (Lipinski definition) is 4. The van der Waals surface area contributed by atoms with Crippen LogP contribution in [0, 0.1) is 5.92 Å². The number of anilines is 1. The van der Waals surface area contributed by atoms with E-state index in [1.165, 1.54) is 10.4 Å². The first-order valence-corrected chi connectivity index (χ1v) is 11.2. The maximum Gasteiger partial charge on any atom is 0.263 e. The molecule has 2 heterocycles. The number of thiophene rings is 1. The van der Waals surface area contributed by atoms with Crippen molar-refractivity contribution in [3.05, 3.63) is 50.7 Å². The van der Waals surface area contributed by atoms with Gasteiger partial charge in [-0.25, -0.2) is 0 Å². The number of aryl methyl sites for hydroxylation is 1. The molecule has 2 amide bonds. The Hall–Kier alpha value is -2.05. The van der Waals surface area contributed by atoms with Gasteiger partial charge in [0, 0.05) is 61.8 Å². The van der Waals surface area contributed by atoms with Crippen LogP contribution in [0.2, 0.25) is 5.02 Å². The van der Waals surface area contributed by atoms with E-state index in [2.05, 4.69) is 4.90 Å². The summed E-state index contributed by atoms with van der Waals surface area (Å²) in [6.07, 6.45) is 2.52. The van der Waals surface area contributed by atoms with Crippen LogP contribution in [0.25, 0.3) is 0 Å². The fourth-order valence-electron chi connectivity index (χ4n) is 4.16. The van der Waals surface area contributed by atoms with Gasteiger partial charge in [0.1, 0.15) is 0 Å². The standard InChI is InChI=1S/C22H26ClN3O2S/c1-24(2)22(28)20-14-16-13-15(3-8-19(16)29-20)21(27)26-11-9-25(10-12-26)18-6-4-17(23)5-7-18/h4-7,14-15H,3,8-13H2,1-2H3/t15-/m0/s1. The van der Waals surface area contributed by atoms with Crippen LogP contribution in [-0.2, 0) is 17.6 Å². The number of carbonyl (C=O) groups excluding carboxylic acids is 2. The van der Waals surface area contributed by atoms with Gasteiger partial charge in [-0.3, -0.25) is 9.59 Å². The fourth-order valence-corrected chi connectivity index (χ4v) is 5.51. The van der Waals surface area contributed by atoms with Gasteiger partial charge < -0.3 is 14.7 Å². The fraction of sp³-hybridized carbons (Fsp3) is 0.455. The SMILES string of the molecule is CN(C)C(=O)c1cc2c(s1)CC[C@H](C(=O)N1CCN(c3ccc(Cl)cc3)CC1)C2. The van der Waals surface area contributed by atoms with Gasteiger partial charge in [-0.15, -0.1) is 11.3 Å². The molecule has 4 rings (SSSR count). The zero-order valence-electron chi connectivity index (χ0n) is 16.9. The Morgan fingerprint density at radius 2 is 1.79 bits per heavy atom. The van der Waals surface area contributed by atoms with E-state index in [0.717, 1.165) is 61.0 Å². The first kappa shape index (κ1) is 20.2. The van der Waals surface area contributed by atoms with Crippen molar-refractivity contribution in [1.82, 2.24) is 9.80 Å². The largest absolute Gasteiger partial charge is 0.368 e. The van der Waals surface area contributed by atoms with Crippen LogP contribution >= 0.6 is 22.9 Å². The topological polar surface area (TPSA) is 43.9 Å². The highest BCUT2D eigenvalue weighted by atomic mass is 35.5. The number of halogens is 1. The summed E-state index contributed by atoms with van der Waals surface area (Å²) in [5.74, 6) is 0.338. The van der Waals surface area contributed by atoms with Crippen molar-refractivity contribution in [2.24, 2.45) is 5.92 Å². The van der Waals surface area contributed by atoms with Gasteiger partial charge >= 0.3 is 0 Å². The highest BCUT2D eigenvalue weighted by Gasteiger charge is 2.32. The van der Waals surface area contributed by atoms with E-state index in [1.54, 1.807) is 30.3 Å². The number of piperazine rings is 1.